The van der Waals surface area contributed by atoms with Crippen molar-refractivity contribution in [2.45, 2.75) is 85.0 Å². The number of rotatable bonds is 8. The molecule has 1 heterocycles. The Morgan fingerprint density at radius 3 is 2.16 bits per heavy atom. The first-order chi connectivity index (χ1) is 20.3. The maximum absolute atomic E-state index is 13.8. The number of carboxylic acid groups (broad SMARTS) is 1. The maximum Gasteiger partial charge on any atom is 0.334 e. The molecule has 2 amide bonds. The van der Waals surface area contributed by atoms with Gasteiger partial charge in [0.2, 0.25) is 6.41 Å². The first-order valence-corrected chi connectivity index (χ1v) is 15.5. The number of benzene rings is 2. The highest BCUT2D eigenvalue weighted by Gasteiger charge is 2.51. The van der Waals surface area contributed by atoms with Gasteiger partial charge >= 0.3 is 5.97 Å². The van der Waals surface area contributed by atoms with Crippen molar-refractivity contribution in [1.29, 1.82) is 0 Å². The highest BCUT2D eigenvalue weighted by atomic mass is 35.5. The van der Waals surface area contributed by atoms with Crippen LogP contribution in [0.25, 0.3) is 0 Å². The molecule has 2 N–H and O–H groups in total. The molecule has 8 nitrogen and oxygen atoms in total. The van der Waals surface area contributed by atoms with Gasteiger partial charge in [-0.15, -0.1) is 0 Å². The number of nitrogens with one attached hydrogen (secondary N) is 1. The smallest absolute Gasteiger partial charge is 0.334 e. The van der Waals surface area contributed by atoms with Crippen LogP contribution in [-0.4, -0.2) is 59.4 Å². The average molecular weight is 635 g/mol. The van der Waals surface area contributed by atoms with Crippen LogP contribution in [-0.2, 0) is 19.1 Å². The summed E-state index contributed by atoms with van der Waals surface area (Å²) in [6.07, 6.45) is 3.33. The van der Waals surface area contributed by atoms with Crippen LogP contribution in [0.1, 0.15) is 84.4 Å². The van der Waals surface area contributed by atoms with Gasteiger partial charge in [0, 0.05) is 22.7 Å². The molecule has 0 saturated heterocycles. The summed E-state index contributed by atoms with van der Waals surface area (Å²) in [5.74, 6) is -0.497. The fraction of sp³-hybridized carbons (Fsp3) is 0.515. The van der Waals surface area contributed by atoms with Crippen LogP contribution in [0.4, 0.5) is 0 Å². The average Bonchev–Trinajstić information content (AvgIpc) is 3.25. The summed E-state index contributed by atoms with van der Waals surface area (Å²) >= 11 is 12.5. The molecule has 0 aromatic heterocycles. The summed E-state index contributed by atoms with van der Waals surface area (Å²) in [5.41, 5.74) is 2.03. The Balaban J connectivity index is 0.000000459. The third-order valence-electron chi connectivity index (χ3n) is 7.95. The molecule has 2 aliphatic rings. The van der Waals surface area contributed by atoms with E-state index in [2.05, 4.69) is 49.9 Å². The summed E-state index contributed by atoms with van der Waals surface area (Å²) in [7, 11) is 1.27. The number of aliphatic imine (C=N–C) groups is 1. The van der Waals surface area contributed by atoms with Crippen molar-refractivity contribution in [3.63, 3.8) is 0 Å². The lowest BCUT2D eigenvalue weighted by molar-refractivity contribution is -0.148. The number of hydrogen-bond acceptors (Lipinski definition) is 5. The molecule has 236 valence electrons. The van der Waals surface area contributed by atoms with Crippen LogP contribution < -0.4 is 5.32 Å². The Bertz CT molecular complexity index is 1230. The van der Waals surface area contributed by atoms with Crippen LogP contribution in [0.15, 0.2) is 53.5 Å². The number of methoxy groups -OCH3 is 1. The summed E-state index contributed by atoms with van der Waals surface area (Å²) in [4.78, 5) is 40.8. The van der Waals surface area contributed by atoms with Crippen molar-refractivity contribution in [3.8, 4) is 0 Å². The maximum atomic E-state index is 13.8. The van der Waals surface area contributed by atoms with E-state index in [1.54, 1.807) is 18.2 Å². The van der Waals surface area contributed by atoms with Crippen LogP contribution in [0.3, 0.4) is 0 Å². The van der Waals surface area contributed by atoms with E-state index in [4.69, 9.17) is 33.3 Å². The molecule has 0 radical (unpaired) electrons. The quantitative estimate of drug-likeness (QED) is 0.299. The number of amides is 2. The molecule has 2 aromatic rings. The lowest BCUT2D eigenvalue weighted by Crippen LogP contribution is -2.50. The third kappa shape index (κ3) is 9.27. The van der Waals surface area contributed by atoms with Gasteiger partial charge in [0.1, 0.15) is 11.4 Å². The molecule has 1 saturated carbocycles. The Hall–Kier alpha value is -2.94. The SMILES string of the molecule is CC.CC(c1ccccc1)N1C(=O)C(c2cc(Cl)cc(Cl)c2)=NC12CCC(C(C)(C)C)CC2.COC(CNC=O)C(=O)O. The molecule has 4 rings (SSSR count). The molecule has 1 fully saturated rings. The van der Waals surface area contributed by atoms with Gasteiger partial charge in [-0.25, -0.2) is 4.79 Å². The lowest BCUT2D eigenvalue weighted by atomic mass is 9.69. The van der Waals surface area contributed by atoms with Gasteiger partial charge in [-0.3, -0.25) is 14.6 Å². The van der Waals surface area contributed by atoms with Crippen molar-refractivity contribution in [1.82, 2.24) is 10.2 Å². The van der Waals surface area contributed by atoms with E-state index >= 15 is 0 Å². The molecule has 2 atom stereocenters. The van der Waals surface area contributed by atoms with E-state index in [1.807, 2.05) is 36.9 Å². The predicted octanol–water partition coefficient (Wildman–Crippen LogP) is 7.18. The number of ether oxygens (including phenoxy) is 1. The van der Waals surface area contributed by atoms with E-state index in [0.29, 0.717) is 33.6 Å². The molecule has 43 heavy (non-hydrogen) atoms. The lowest BCUT2D eigenvalue weighted by Gasteiger charge is -2.46. The highest BCUT2D eigenvalue weighted by Crippen LogP contribution is 2.49. The van der Waals surface area contributed by atoms with Crippen LogP contribution >= 0.6 is 23.2 Å². The Morgan fingerprint density at radius 1 is 1.14 bits per heavy atom. The van der Waals surface area contributed by atoms with E-state index in [9.17, 15) is 14.4 Å². The molecule has 1 aliphatic heterocycles. The van der Waals surface area contributed by atoms with Gasteiger partial charge in [0.25, 0.3) is 5.91 Å². The third-order valence-corrected chi connectivity index (χ3v) is 8.39. The largest absolute Gasteiger partial charge is 0.479 e. The summed E-state index contributed by atoms with van der Waals surface area (Å²) < 4.78 is 4.49. The summed E-state index contributed by atoms with van der Waals surface area (Å²) in [6, 6.07) is 15.4. The zero-order chi connectivity index (χ0) is 32.4. The second-order valence-corrected chi connectivity index (χ2v) is 12.5. The van der Waals surface area contributed by atoms with E-state index < -0.39 is 17.7 Å². The molecule has 0 bridgehead atoms. The van der Waals surface area contributed by atoms with Crippen molar-refractivity contribution < 1.29 is 24.2 Å². The number of carboxylic acids is 1. The van der Waals surface area contributed by atoms with Crippen molar-refractivity contribution in [2.24, 2.45) is 16.3 Å². The fourth-order valence-corrected chi connectivity index (χ4v) is 6.16. The Morgan fingerprint density at radius 2 is 1.70 bits per heavy atom. The van der Waals surface area contributed by atoms with Crippen molar-refractivity contribution in [3.05, 3.63) is 69.7 Å². The fourth-order valence-electron chi connectivity index (χ4n) is 5.63. The van der Waals surface area contributed by atoms with Gasteiger partial charge in [0.15, 0.2) is 6.10 Å². The van der Waals surface area contributed by atoms with Gasteiger partial charge in [-0.1, -0.05) is 88.2 Å². The topological polar surface area (TPSA) is 108 Å². The van der Waals surface area contributed by atoms with Crippen molar-refractivity contribution >= 4 is 47.2 Å². The molecule has 1 spiro atoms. The first kappa shape index (κ1) is 36.3. The van der Waals surface area contributed by atoms with Crippen LogP contribution in [0.5, 0.6) is 0 Å². The zero-order valence-electron chi connectivity index (χ0n) is 26.2. The van der Waals surface area contributed by atoms with E-state index in [0.717, 1.165) is 31.2 Å². The van der Waals surface area contributed by atoms with Crippen LogP contribution in [0.2, 0.25) is 10.0 Å². The number of aliphatic carboxylic acids is 1. The number of halogens is 2. The summed E-state index contributed by atoms with van der Waals surface area (Å²) in [6.45, 7) is 13.0. The highest BCUT2D eigenvalue weighted by molar-refractivity contribution is 6.47. The minimum Gasteiger partial charge on any atom is -0.479 e. The van der Waals surface area contributed by atoms with Gasteiger partial charge in [0.05, 0.1) is 12.6 Å². The number of nitrogens with zero attached hydrogens (tertiary/aromatic N) is 2. The zero-order valence-corrected chi connectivity index (χ0v) is 27.7. The number of hydrogen-bond donors (Lipinski definition) is 2. The molecular weight excluding hydrogens is 589 g/mol. The van der Waals surface area contributed by atoms with Gasteiger partial charge < -0.3 is 20.1 Å². The van der Waals surface area contributed by atoms with Gasteiger partial charge in [-0.2, -0.15) is 0 Å². The normalized spacial score (nSPS) is 21.0. The van der Waals surface area contributed by atoms with E-state index in [1.165, 1.54) is 7.11 Å². The molecular formula is C33H45Cl2N3O5. The molecule has 2 unspecified atom stereocenters. The molecule has 2 aromatic carbocycles. The summed E-state index contributed by atoms with van der Waals surface area (Å²) in [5, 5.41) is 11.5. The second-order valence-electron chi connectivity index (χ2n) is 11.6. The molecule has 10 heteroatoms. The van der Waals surface area contributed by atoms with E-state index in [-0.39, 0.29) is 23.9 Å². The predicted molar refractivity (Wildman–Crippen MR) is 173 cm³/mol. The Labute approximate surface area is 265 Å². The minimum absolute atomic E-state index is 0.00463. The van der Waals surface area contributed by atoms with Gasteiger partial charge in [-0.05, 0) is 67.7 Å². The van der Waals surface area contributed by atoms with Crippen molar-refractivity contribution in [2.75, 3.05) is 13.7 Å². The second kappa shape index (κ2) is 16.2. The number of carbonyl (C=O) groups is 3. The minimum atomic E-state index is -1.09. The van der Waals surface area contributed by atoms with Crippen LogP contribution in [0, 0.1) is 11.3 Å². The Kier molecular flexibility index (Phi) is 13.7. The standard InChI is InChI=1S/C26H30Cl2N2O.C5H9NO4.C2H6/c1-17(18-8-6-5-7-9-18)30-24(31)23(19-14-21(27)16-22(28)15-19)29-26(30)12-10-20(11-13-26)25(2,3)4;1-10-4(5(8)9)2-6-3-7;1-2/h5-9,14-17,20H,10-13H2,1-4H3;3-4H,2H2,1H3,(H,6,7)(H,8,9);1-2H3. The molecule has 1 aliphatic carbocycles. The number of carbonyl (C=O) groups excluding carboxylic acids is 2. The monoisotopic (exact) mass is 633 g/mol. The first-order valence-electron chi connectivity index (χ1n) is 14.7.